The summed E-state index contributed by atoms with van der Waals surface area (Å²) in [7, 11) is -0.0278. The van der Waals surface area contributed by atoms with Gasteiger partial charge in [-0.15, -0.1) is 0 Å². The van der Waals surface area contributed by atoms with Crippen LogP contribution in [0.25, 0.3) is 0 Å². The van der Waals surface area contributed by atoms with Gasteiger partial charge in [-0.25, -0.2) is 0 Å². The van der Waals surface area contributed by atoms with Gasteiger partial charge in [0.25, 0.3) is 0 Å². The first kappa shape index (κ1) is 19.3. The number of benzene rings is 3. The third kappa shape index (κ3) is 4.42. The second-order valence-electron chi connectivity index (χ2n) is 6.84. The van der Waals surface area contributed by atoms with Crippen LogP contribution in [0.1, 0.15) is 43.6 Å². The SMILES string of the molecule is [Br-].c1ccc([S+](c2ccccc2)c2ccc(C3CCCCC3)cc2)cc1. The summed E-state index contributed by atoms with van der Waals surface area (Å²) in [6.07, 6.45) is 6.93. The van der Waals surface area contributed by atoms with Crippen molar-refractivity contribution in [2.24, 2.45) is 0 Å². The molecule has 26 heavy (non-hydrogen) atoms. The molecular formula is C24H25BrS. The molecule has 0 saturated heterocycles. The van der Waals surface area contributed by atoms with Gasteiger partial charge in [-0.2, -0.15) is 0 Å². The standard InChI is InChI=1S/C24H25S.BrH/c1-4-10-20(11-5-1)21-16-18-24(19-17-21)25(22-12-6-2-7-13-22)23-14-8-3-9-15-23;/h2-3,6-9,12-20H,1,4-5,10-11H2;1H/q+1;/p-1. The van der Waals surface area contributed by atoms with Crippen LogP contribution in [0.3, 0.4) is 0 Å². The summed E-state index contributed by atoms with van der Waals surface area (Å²) in [5.41, 5.74) is 1.54. The molecule has 0 heterocycles. The number of halogens is 1. The normalized spacial score (nSPS) is 14.8. The molecule has 1 aliphatic carbocycles. The fourth-order valence-electron chi connectivity index (χ4n) is 3.83. The first-order valence-electron chi connectivity index (χ1n) is 9.36. The van der Waals surface area contributed by atoms with Crippen molar-refractivity contribution in [1.82, 2.24) is 0 Å². The first-order valence-corrected chi connectivity index (χ1v) is 10.6. The van der Waals surface area contributed by atoms with E-state index in [1.807, 2.05) is 0 Å². The molecule has 4 rings (SSSR count). The van der Waals surface area contributed by atoms with Crippen LogP contribution in [0.2, 0.25) is 0 Å². The topological polar surface area (TPSA) is 0 Å². The Labute approximate surface area is 170 Å². The van der Waals surface area contributed by atoms with Gasteiger partial charge in [0.05, 0.1) is 10.9 Å². The monoisotopic (exact) mass is 424 g/mol. The Hall–Kier alpha value is -1.51. The lowest BCUT2D eigenvalue weighted by Gasteiger charge is -2.22. The van der Waals surface area contributed by atoms with Gasteiger partial charge in [0.1, 0.15) is 0 Å². The third-order valence-corrected chi connectivity index (χ3v) is 7.38. The predicted molar refractivity (Wildman–Crippen MR) is 107 cm³/mol. The Balaban J connectivity index is 0.00000196. The van der Waals surface area contributed by atoms with Crippen LogP contribution in [0, 0.1) is 0 Å². The van der Waals surface area contributed by atoms with Crippen molar-refractivity contribution >= 4 is 10.9 Å². The highest BCUT2D eigenvalue weighted by molar-refractivity contribution is 7.97. The Morgan fingerprint density at radius 3 is 1.50 bits per heavy atom. The highest BCUT2D eigenvalue weighted by Crippen LogP contribution is 2.35. The van der Waals surface area contributed by atoms with E-state index >= 15 is 0 Å². The molecule has 0 unspecified atom stereocenters. The number of rotatable bonds is 4. The first-order chi connectivity index (χ1) is 12.4. The average molecular weight is 425 g/mol. The van der Waals surface area contributed by atoms with Gasteiger partial charge in [-0.3, -0.25) is 0 Å². The number of hydrogen-bond acceptors (Lipinski definition) is 0. The molecule has 3 aromatic carbocycles. The van der Waals surface area contributed by atoms with Crippen molar-refractivity contribution in [1.29, 1.82) is 0 Å². The fourth-order valence-corrected chi connectivity index (χ4v) is 5.92. The van der Waals surface area contributed by atoms with E-state index in [2.05, 4.69) is 84.9 Å². The van der Waals surface area contributed by atoms with Crippen LogP contribution in [-0.2, 0) is 10.9 Å². The lowest BCUT2D eigenvalue weighted by molar-refractivity contribution is -0.00000497. The maximum absolute atomic E-state index is 2.39. The van der Waals surface area contributed by atoms with Gasteiger partial charge in [0.2, 0.25) is 0 Å². The number of hydrogen-bond donors (Lipinski definition) is 0. The molecule has 1 saturated carbocycles. The Bertz CT molecular complexity index is 738. The van der Waals surface area contributed by atoms with E-state index in [9.17, 15) is 0 Å². The van der Waals surface area contributed by atoms with E-state index in [1.54, 1.807) is 0 Å². The lowest BCUT2D eigenvalue weighted by Crippen LogP contribution is -3.00. The molecule has 0 aliphatic heterocycles. The van der Waals surface area contributed by atoms with E-state index in [0.29, 0.717) is 0 Å². The molecule has 1 aliphatic rings. The minimum Gasteiger partial charge on any atom is -1.00 e. The van der Waals surface area contributed by atoms with E-state index < -0.39 is 0 Å². The zero-order chi connectivity index (χ0) is 16.9. The summed E-state index contributed by atoms with van der Waals surface area (Å²) in [5.74, 6) is 0.776. The van der Waals surface area contributed by atoms with Gasteiger partial charge >= 0.3 is 0 Å². The van der Waals surface area contributed by atoms with Crippen molar-refractivity contribution in [3.05, 3.63) is 90.5 Å². The molecular weight excluding hydrogens is 400 g/mol. The van der Waals surface area contributed by atoms with Crippen molar-refractivity contribution in [2.75, 3.05) is 0 Å². The Kier molecular flexibility index (Phi) is 6.99. The van der Waals surface area contributed by atoms with E-state index in [4.69, 9.17) is 0 Å². The third-order valence-electron chi connectivity index (χ3n) is 5.15. The van der Waals surface area contributed by atoms with Crippen LogP contribution in [0.4, 0.5) is 0 Å². The predicted octanol–water partition coefficient (Wildman–Crippen LogP) is 3.83. The minimum atomic E-state index is -0.0278. The minimum absolute atomic E-state index is 0. The summed E-state index contributed by atoms with van der Waals surface area (Å²) >= 11 is 0. The van der Waals surface area contributed by atoms with E-state index in [1.165, 1.54) is 52.4 Å². The molecule has 0 nitrogen and oxygen atoms in total. The summed E-state index contributed by atoms with van der Waals surface area (Å²) in [6, 6.07) is 31.3. The maximum atomic E-state index is 2.39. The molecule has 0 spiro atoms. The smallest absolute Gasteiger partial charge is 0.166 e. The molecule has 1 fully saturated rings. The molecule has 134 valence electrons. The second kappa shape index (κ2) is 9.43. The summed E-state index contributed by atoms with van der Waals surface area (Å²) in [6.45, 7) is 0. The molecule has 2 heteroatoms. The van der Waals surface area contributed by atoms with Gasteiger partial charge in [-0.1, -0.05) is 67.8 Å². The molecule has 0 amide bonds. The summed E-state index contributed by atoms with van der Waals surface area (Å²) in [5, 5.41) is 0. The van der Waals surface area contributed by atoms with Crippen molar-refractivity contribution in [2.45, 2.75) is 52.7 Å². The average Bonchev–Trinajstić information content (AvgIpc) is 2.71. The van der Waals surface area contributed by atoms with Crippen LogP contribution < -0.4 is 17.0 Å². The van der Waals surface area contributed by atoms with Crippen LogP contribution in [0.5, 0.6) is 0 Å². The van der Waals surface area contributed by atoms with Gasteiger partial charge in [-0.05, 0) is 60.7 Å². The van der Waals surface area contributed by atoms with Crippen LogP contribution in [-0.4, -0.2) is 0 Å². The highest BCUT2D eigenvalue weighted by Gasteiger charge is 2.28. The van der Waals surface area contributed by atoms with Gasteiger partial charge < -0.3 is 17.0 Å². The zero-order valence-corrected chi connectivity index (χ0v) is 17.4. The lowest BCUT2D eigenvalue weighted by atomic mass is 9.84. The van der Waals surface area contributed by atoms with E-state index in [0.717, 1.165) is 5.92 Å². The highest BCUT2D eigenvalue weighted by atomic mass is 79.9. The van der Waals surface area contributed by atoms with Crippen molar-refractivity contribution in [3.63, 3.8) is 0 Å². The quantitative estimate of drug-likeness (QED) is 0.558. The van der Waals surface area contributed by atoms with Gasteiger partial charge in [0, 0.05) is 0 Å². The van der Waals surface area contributed by atoms with E-state index in [-0.39, 0.29) is 27.9 Å². The van der Waals surface area contributed by atoms with Crippen molar-refractivity contribution < 1.29 is 17.0 Å². The van der Waals surface area contributed by atoms with Crippen LogP contribution >= 0.6 is 0 Å². The van der Waals surface area contributed by atoms with Crippen LogP contribution in [0.15, 0.2) is 99.6 Å². The Morgan fingerprint density at radius 1 is 0.538 bits per heavy atom. The van der Waals surface area contributed by atoms with Gasteiger partial charge in [0.15, 0.2) is 14.7 Å². The second-order valence-corrected chi connectivity index (χ2v) is 8.86. The fraction of sp³-hybridized carbons (Fsp3) is 0.250. The zero-order valence-electron chi connectivity index (χ0n) is 15.0. The Morgan fingerprint density at radius 2 is 1.00 bits per heavy atom. The van der Waals surface area contributed by atoms with Crippen molar-refractivity contribution in [3.8, 4) is 0 Å². The molecule has 0 N–H and O–H groups in total. The molecule has 3 aromatic rings. The molecule has 0 aromatic heterocycles. The molecule has 0 radical (unpaired) electrons. The largest absolute Gasteiger partial charge is 1.00 e. The molecule has 0 atom stereocenters. The maximum Gasteiger partial charge on any atom is 0.166 e. The summed E-state index contributed by atoms with van der Waals surface area (Å²) in [4.78, 5) is 4.19. The molecule has 0 bridgehead atoms. The summed E-state index contributed by atoms with van der Waals surface area (Å²) < 4.78 is 0.